The number of aromatic nitrogens is 1. The molecule has 0 saturated carbocycles. The molecule has 1 aromatic heterocycles. The Balaban J connectivity index is 1.73. The van der Waals surface area contributed by atoms with E-state index in [4.69, 9.17) is 23.2 Å². The summed E-state index contributed by atoms with van der Waals surface area (Å²) in [5, 5.41) is 12.8. The summed E-state index contributed by atoms with van der Waals surface area (Å²) in [7, 11) is 0. The quantitative estimate of drug-likeness (QED) is 0.549. The van der Waals surface area contributed by atoms with E-state index in [9.17, 15) is 14.7 Å². The minimum Gasteiger partial charge on any atom is -0.481 e. The van der Waals surface area contributed by atoms with Crippen LogP contribution in [0, 0.1) is 0 Å². The van der Waals surface area contributed by atoms with Crippen LogP contribution in [0.15, 0.2) is 53.9 Å². The largest absolute Gasteiger partial charge is 0.481 e. The van der Waals surface area contributed by atoms with Gasteiger partial charge in [0.2, 0.25) is 0 Å². The van der Waals surface area contributed by atoms with E-state index in [1.165, 1.54) is 11.3 Å². The fourth-order valence-corrected chi connectivity index (χ4v) is 4.32. The van der Waals surface area contributed by atoms with Crippen LogP contribution in [0.1, 0.15) is 23.6 Å². The highest BCUT2D eigenvalue weighted by Crippen LogP contribution is 2.36. The number of Topliss-reactive ketones (excluding diaryl/α,β-unsaturated/α-hetero) is 1. The number of nitrogens with zero attached hydrogens (tertiary/aromatic N) is 1. The summed E-state index contributed by atoms with van der Waals surface area (Å²) in [5.41, 5.74) is 1.82. The number of carbonyl (C=O) groups is 2. The second-order valence-electron chi connectivity index (χ2n) is 5.96. The lowest BCUT2D eigenvalue weighted by atomic mass is 9.93. The lowest BCUT2D eigenvalue weighted by molar-refractivity contribution is -0.140. The predicted octanol–water partition coefficient (Wildman–Crippen LogP) is 5.49. The molecule has 4 nitrogen and oxygen atoms in total. The van der Waals surface area contributed by atoms with Crippen molar-refractivity contribution in [3.05, 3.63) is 75.2 Å². The number of carboxylic acids is 1. The van der Waals surface area contributed by atoms with Crippen LogP contribution in [0.3, 0.4) is 0 Å². The van der Waals surface area contributed by atoms with Crippen molar-refractivity contribution in [2.24, 2.45) is 0 Å². The van der Waals surface area contributed by atoms with Gasteiger partial charge in [0.05, 0.1) is 21.7 Å². The van der Waals surface area contributed by atoms with Gasteiger partial charge in [-0.05, 0) is 17.7 Å². The van der Waals surface area contributed by atoms with E-state index in [2.05, 4.69) is 4.98 Å². The highest BCUT2D eigenvalue weighted by molar-refractivity contribution is 7.13. The number of halogens is 2. The van der Waals surface area contributed by atoms with Gasteiger partial charge >= 0.3 is 5.97 Å². The minimum absolute atomic E-state index is 0.0647. The Morgan fingerprint density at radius 3 is 2.33 bits per heavy atom. The Bertz CT molecular complexity index is 952. The fraction of sp³-hybridized carbons (Fsp3) is 0.150. The second-order valence-corrected chi connectivity index (χ2v) is 7.63. The third-order valence-corrected chi connectivity index (χ3v) is 5.58. The monoisotopic (exact) mass is 419 g/mol. The number of rotatable bonds is 7. The van der Waals surface area contributed by atoms with Crippen LogP contribution in [-0.4, -0.2) is 21.8 Å². The molecule has 0 unspecified atom stereocenters. The zero-order valence-corrected chi connectivity index (χ0v) is 16.4. The van der Waals surface area contributed by atoms with Crippen molar-refractivity contribution in [3.63, 3.8) is 0 Å². The van der Waals surface area contributed by atoms with Gasteiger partial charge in [0.25, 0.3) is 0 Å². The smallest absolute Gasteiger partial charge is 0.311 e. The third-order valence-electron chi connectivity index (χ3n) is 4.04. The van der Waals surface area contributed by atoms with Crippen molar-refractivity contribution in [2.45, 2.75) is 18.8 Å². The minimum atomic E-state index is -1.02. The highest BCUT2D eigenvalue weighted by Gasteiger charge is 2.23. The van der Waals surface area contributed by atoms with E-state index in [1.54, 1.807) is 53.9 Å². The van der Waals surface area contributed by atoms with Crippen LogP contribution in [0.4, 0.5) is 0 Å². The maximum Gasteiger partial charge on any atom is 0.311 e. The zero-order valence-electron chi connectivity index (χ0n) is 14.1. The molecule has 27 heavy (non-hydrogen) atoms. The van der Waals surface area contributed by atoms with Crippen LogP contribution in [-0.2, 0) is 16.0 Å². The lowest BCUT2D eigenvalue weighted by Gasteiger charge is -2.11. The van der Waals surface area contributed by atoms with Gasteiger partial charge in [-0.25, -0.2) is 4.98 Å². The van der Waals surface area contributed by atoms with Crippen molar-refractivity contribution in [2.75, 3.05) is 0 Å². The third kappa shape index (κ3) is 4.75. The summed E-state index contributed by atoms with van der Waals surface area (Å²) in [6.07, 6.45) is -0.0196. The van der Waals surface area contributed by atoms with Gasteiger partial charge in [-0.1, -0.05) is 59.6 Å². The van der Waals surface area contributed by atoms with Crippen LogP contribution in [0.25, 0.3) is 10.6 Å². The topological polar surface area (TPSA) is 67.3 Å². The predicted molar refractivity (Wildman–Crippen MR) is 108 cm³/mol. The Labute approximate surface area is 170 Å². The van der Waals surface area contributed by atoms with E-state index in [-0.39, 0.29) is 18.6 Å². The normalized spacial score (nSPS) is 11.9. The van der Waals surface area contributed by atoms with Gasteiger partial charge in [-0.3, -0.25) is 9.59 Å². The van der Waals surface area contributed by atoms with Crippen molar-refractivity contribution < 1.29 is 14.7 Å². The molecule has 0 aliphatic carbocycles. The number of carboxylic acid groups (broad SMARTS) is 1. The van der Waals surface area contributed by atoms with E-state index in [0.717, 1.165) is 0 Å². The average molecular weight is 420 g/mol. The van der Waals surface area contributed by atoms with Gasteiger partial charge in [-0.2, -0.15) is 0 Å². The maximum atomic E-state index is 12.4. The van der Waals surface area contributed by atoms with E-state index in [0.29, 0.717) is 31.9 Å². The average Bonchev–Trinajstić information content (AvgIpc) is 3.08. The number of thiazole rings is 1. The molecule has 138 valence electrons. The Morgan fingerprint density at radius 1 is 1.04 bits per heavy atom. The number of hydrogen-bond acceptors (Lipinski definition) is 4. The first kappa shape index (κ1) is 19.5. The van der Waals surface area contributed by atoms with Gasteiger partial charge in [-0.15, -0.1) is 11.3 Å². The molecule has 3 rings (SSSR count). The van der Waals surface area contributed by atoms with Crippen LogP contribution in [0.2, 0.25) is 10.0 Å². The lowest BCUT2D eigenvalue weighted by Crippen LogP contribution is -2.17. The second kappa shape index (κ2) is 8.65. The number of benzene rings is 2. The van der Waals surface area contributed by atoms with Crippen LogP contribution < -0.4 is 0 Å². The number of carbonyl (C=O) groups excluding carboxylic acids is 1. The first-order valence-corrected chi connectivity index (χ1v) is 9.77. The fourth-order valence-electron chi connectivity index (χ4n) is 2.74. The molecule has 1 heterocycles. The van der Waals surface area contributed by atoms with E-state index < -0.39 is 11.9 Å². The molecule has 0 spiro atoms. The van der Waals surface area contributed by atoms with Crippen molar-refractivity contribution in [1.82, 2.24) is 4.98 Å². The maximum absolute atomic E-state index is 12.4. The molecule has 0 bridgehead atoms. The zero-order chi connectivity index (χ0) is 19.4. The van der Waals surface area contributed by atoms with Gasteiger partial charge in [0.1, 0.15) is 10.8 Å². The highest BCUT2D eigenvalue weighted by atomic mass is 35.5. The molecule has 1 atom stereocenters. The molecule has 0 aliphatic heterocycles. The van der Waals surface area contributed by atoms with Crippen molar-refractivity contribution >= 4 is 46.3 Å². The number of aliphatic carboxylic acids is 1. The summed E-state index contributed by atoms with van der Waals surface area (Å²) >= 11 is 13.7. The molecule has 7 heteroatoms. The SMILES string of the molecule is O=C(Cc1csc(-c2c(Cl)cccc2Cl)n1)C[C@@H](C(=O)O)c1ccccc1. The molecular formula is C20H15Cl2NO3S. The van der Waals surface area contributed by atoms with Crippen LogP contribution in [0.5, 0.6) is 0 Å². The first-order chi connectivity index (χ1) is 13.0. The van der Waals surface area contributed by atoms with Crippen molar-refractivity contribution in [3.8, 4) is 10.6 Å². The standard InChI is InChI=1S/C20H15Cl2NO3S/c21-16-7-4-8-17(22)18(16)19-23-13(11-27-19)9-14(24)10-15(20(25)26)12-5-2-1-3-6-12/h1-8,11,15H,9-10H2,(H,25,26)/t15-/m1/s1. The van der Waals surface area contributed by atoms with Crippen LogP contribution >= 0.6 is 34.5 Å². The first-order valence-electron chi connectivity index (χ1n) is 8.14. The molecule has 0 aliphatic rings. The summed E-state index contributed by atoms with van der Waals surface area (Å²) < 4.78 is 0. The molecule has 0 amide bonds. The van der Waals surface area contributed by atoms with E-state index in [1.807, 2.05) is 0 Å². The number of hydrogen-bond donors (Lipinski definition) is 1. The van der Waals surface area contributed by atoms with Crippen molar-refractivity contribution in [1.29, 1.82) is 0 Å². The molecule has 0 saturated heterocycles. The summed E-state index contributed by atoms with van der Waals surface area (Å²) in [4.78, 5) is 28.4. The Hall–Kier alpha value is -2.21. The number of ketones is 1. The molecule has 0 fully saturated rings. The Morgan fingerprint density at radius 2 is 1.70 bits per heavy atom. The molecule has 2 aromatic carbocycles. The Kier molecular flexibility index (Phi) is 6.26. The van der Waals surface area contributed by atoms with Gasteiger partial charge in [0, 0.05) is 23.8 Å². The molecule has 3 aromatic rings. The molecule has 0 radical (unpaired) electrons. The molecular weight excluding hydrogens is 405 g/mol. The summed E-state index contributed by atoms with van der Waals surface area (Å²) in [5.74, 6) is -2.07. The summed E-state index contributed by atoms with van der Waals surface area (Å²) in [6.45, 7) is 0. The van der Waals surface area contributed by atoms with Gasteiger partial charge in [0.15, 0.2) is 0 Å². The van der Waals surface area contributed by atoms with E-state index >= 15 is 0 Å². The molecule has 1 N–H and O–H groups in total. The summed E-state index contributed by atoms with van der Waals surface area (Å²) in [6, 6.07) is 14.0. The van der Waals surface area contributed by atoms with Gasteiger partial charge < -0.3 is 5.11 Å².